The van der Waals surface area contributed by atoms with Crippen LogP contribution in [0.1, 0.15) is 50.3 Å². The van der Waals surface area contributed by atoms with Gasteiger partial charge in [0.15, 0.2) is 6.23 Å². The second-order valence-electron chi connectivity index (χ2n) is 6.28. The summed E-state index contributed by atoms with van der Waals surface area (Å²) in [5, 5.41) is 5.85. The van der Waals surface area contributed by atoms with E-state index in [9.17, 15) is 0 Å². The van der Waals surface area contributed by atoms with E-state index < -0.39 is 0 Å². The number of hydrogen-bond donors (Lipinski definition) is 0. The predicted molar refractivity (Wildman–Crippen MR) is 92.1 cm³/mol. The Kier molecular flexibility index (Phi) is 3.90. The summed E-state index contributed by atoms with van der Waals surface area (Å²) in [5.74, 6) is 7.32. The lowest BCUT2D eigenvalue weighted by molar-refractivity contribution is -0.0364. The molecule has 1 aliphatic heterocycles. The van der Waals surface area contributed by atoms with Gasteiger partial charge in [-0.3, -0.25) is 0 Å². The molecular weight excluding hydrogens is 291 g/mol. The summed E-state index contributed by atoms with van der Waals surface area (Å²) in [4.78, 5) is 0. The SMILES string of the molecule is Pc1nn(C2CCCCO2)c2ccc(C#CC3CCC3)cc12. The highest BCUT2D eigenvalue weighted by Gasteiger charge is 2.20. The smallest absolute Gasteiger partial charge is 0.150 e. The van der Waals surface area contributed by atoms with Gasteiger partial charge in [0.2, 0.25) is 0 Å². The standard InChI is InChI=1S/C18H21N2OP/c22-18-15-12-14(8-7-13-4-3-5-13)9-10-16(15)20(19-18)17-6-1-2-11-21-17/h9-10,12-13,17H,1-6,11,22H2. The maximum Gasteiger partial charge on any atom is 0.150 e. The molecule has 1 aromatic heterocycles. The fourth-order valence-electron chi connectivity index (χ4n) is 3.12. The summed E-state index contributed by atoms with van der Waals surface area (Å²) in [6, 6.07) is 6.41. The third-order valence-corrected chi connectivity index (χ3v) is 5.12. The molecule has 2 aromatic rings. The van der Waals surface area contributed by atoms with Crippen LogP contribution in [0.5, 0.6) is 0 Å². The Morgan fingerprint density at radius 1 is 1.18 bits per heavy atom. The molecule has 114 valence electrons. The van der Waals surface area contributed by atoms with Crippen LogP contribution in [0.3, 0.4) is 0 Å². The lowest BCUT2D eigenvalue weighted by Gasteiger charge is -2.23. The third-order valence-electron chi connectivity index (χ3n) is 4.69. The number of ether oxygens (including phenoxy) is 1. The molecule has 0 spiro atoms. The van der Waals surface area contributed by atoms with Crippen LogP contribution >= 0.6 is 9.24 Å². The summed E-state index contributed by atoms with van der Waals surface area (Å²) >= 11 is 0. The van der Waals surface area contributed by atoms with Crippen molar-refractivity contribution in [3.8, 4) is 11.8 Å². The number of nitrogens with zero attached hydrogens (tertiary/aromatic N) is 2. The molecule has 22 heavy (non-hydrogen) atoms. The van der Waals surface area contributed by atoms with Crippen molar-refractivity contribution in [3.63, 3.8) is 0 Å². The topological polar surface area (TPSA) is 27.1 Å². The third kappa shape index (κ3) is 2.67. The first-order valence-corrected chi connectivity index (χ1v) is 8.80. The normalized spacial score (nSPS) is 22.1. The molecule has 2 unspecified atom stereocenters. The highest BCUT2D eigenvalue weighted by Crippen LogP contribution is 2.27. The van der Waals surface area contributed by atoms with Crippen molar-refractivity contribution in [1.29, 1.82) is 0 Å². The van der Waals surface area contributed by atoms with Crippen LogP contribution in [0.25, 0.3) is 10.9 Å². The number of aromatic nitrogens is 2. The summed E-state index contributed by atoms with van der Waals surface area (Å²) in [5.41, 5.74) is 3.22. The van der Waals surface area contributed by atoms with Gasteiger partial charge in [-0.05, 0) is 50.3 Å². The van der Waals surface area contributed by atoms with Crippen molar-refractivity contribution in [3.05, 3.63) is 23.8 Å². The van der Waals surface area contributed by atoms with Crippen LogP contribution in [-0.2, 0) is 4.74 Å². The molecule has 0 radical (unpaired) electrons. The Bertz CT molecular complexity index is 746. The van der Waals surface area contributed by atoms with E-state index in [0.29, 0.717) is 5.92 Å². The van der Waals surface area contributed by atoms with Crippen LogP contribution in [0.4, 0.5) is 0 Å². The Hall–Kier alpha value is -1.36. The average Bonchev–Trinajstić information content (AvgIpc) is 2.84. The zero-order chi connectivity index (χ0) is 14.9. The van der Waals surface area contributed by atoms with Crippen LogP contribution < -0.4 is 5.44 Å². The van der Waals surface area contributed by atoms with E-state index in [-0.39, 0.29) is 6.23 Å². The van der Waals surface area contributed by atoms with E-state index in [1.54, 1.807) is 0 Å². The van der Waals surface area contributed by atoms with Gasteiger partial charge in [-0.2, -0.15) is 5.10 Å². The van der Waals surface area contributed by atoms with Gasteiger partial charge in [-0.25, -0.2) is 4.68 Å². The second kappa shape index (κ2) is 6.03. The van der Waals surface area contributed by atoms with E-state index in [1.165, 1.54) is 31.1 Å². The van der Waals surface area contributed by atoms with Crippen LogP contribution in [-0.4, -0.2) is 16.4 Å². The molecule has 4 rings (SSSR count). The number of hydrogen-bond acceptors (Lipinski definition) is 2. The number of benzene rings is 1. The van der Waals surface area contributed by atoms with Gasteiger partial charge in [-0.1, -0.05) is 27.5 Å². The van der Waals surface area contributed by atoms with Crippen molar-refractivity contribution in [2.24, 2.45) is 5.92 Å². The van der Waals surface area contributed by atoms with E-state index in [4.69, 9.17) is 4.74 Å². The maximum atomic E-state index is 5.88. The molecule has 2 heterocycles. The van der Waals surface area contributed by atoms with Gasteiger partial charge in [0.1, 0.15) is 0 Å². The first kappa shape index (κ1) is 14.2. The van der Waals surface area contributed by atoms with Crippen LogP contribution in [0.15, 0.2) is 18.2 Å². The molecule has 3 nitrogen and oxygen atoms in total. The van der Waals surface area contributed by atoms with Crippen LogP contribution in [0, 0.1) is 17.8 Å². The Morgan fingerprint density at radius 2 is 2.09 bits per heavy atom. The van der Waals surface area contributed by atoms with E-state index >= 15 is 0 Å². The van der Waals surface area contributed by atoms with E-state index in [2.05, 4.69) is 44.4 Å². The van der Waals surface area contributed by atoms with Gasteiger partial charge >= 0.3 is 0 Å². The average molecular weight is 312 g/mol. The molecule has 1 aromatic carbocycles. The lowest BCUT2D eigenvalue weighted by atomic mass is 9.86. The maximum absolute atomic E-state index is 5.88. The molecule has 0 N–H and O–H groups in total. The minimum absolute atomic E-state index is 0.0810. The van der Waals surface area contributed by atoms with Gasteiger partial charge < -0.3 is 4.74 Å². The largest absolute Gasteiger partial charge is 0.356 e. The molecule has 0 bridgehead atoms. The molecule has 2 aliphatic rings. The minimum atomic E-state index is 0.0810. The van der Waals surface area contributed by atoms with E-state index in [0.717, 1.165) is 36.0 Å². The number of rotatable bonds is 1. The Labute approximate surface area is 133 Å². The molecule has 0 amide bonds. The summed E-state index contributed by atoms with van der Waals surface area (Å²) in [7, 11) is 2.75. The van der Waals surface area contributed by atoms with Crippen molar-refractivity contribution < 1.29 is 4.74 Å². The fourth-order valence-corrected chi connectivity index (χ4v) is 3.47. The Morgan fingerprint density at radius 3 is 2.82 bits per heavy atom. The summed E-state index contributed by atoms with van der Waals surface area (Å²) < 4.78 is 7.92. The summed E-state index contributed by atoms with van der Waals surface area (Å²) in [6.07, 6.45) is 7.36. The molecule has 2 atom stereocenters. The second-order valence-corrected chi connectivity index (χ2v) is 6.83. The van der Waals surface area contributed by atoms with Crippen molar-refractivity contribution in [1.82, 2.24) is 9.78 Å². The van der Waals surface area contributed by atoms with Crippen molar-refractivity contribution in [2.45, 2.75) is 44.8 Å². The van der Waals surface area contributed by atoms with Gasteiger partial charge in [0.25, 0.3) is 0 Å². The molecular formula is C18H21N2OP. The first-order chi connectivity index (χ1) is 10.8. The zero-order valence-electron chi connectivity index (χ0n) is 12.7. The quantitative estimate of drug-likeness (QED) is 0.596. The monoisotopic (exact) mass is 312 g/mol. The fraction of sp³-hybridized carbons (Fsp3) is 0.500. The highest BCUT2D eigenvalue weighted by molar-refractivity contribution is 7.27. The van der Waals surface area contributed by atoms with Crippen LogP contribution in [0.2, 0.25) is 0 Å². The van der Waals surface area contributed by atoms with E-state index in [1.807, 2.05) is 4.68 Å². The van der Waals surface area contributed by atoms with Crippen molar-refractivity contribution >= 4 is 25.6 Å². The number of fused-ring (bicyclic) bond motifs is 1. The molecule has 1 saturated carbocycles. The molecule has 1 aliphatic carbocycles. The molecule has 1 saturated heterocycles. The Balaban J connectivity index is 1.67. The summed E-state index contributed by atoms with van der Waals surface area (Å²) in [6.45, 7) is 0.836. The molecule has 2 fully saturated rings. The predicted octanol–water partition coefficient (Wildman–Crippen LogP) is 3.39. The lowest BCUT2D eigenvalue weighted by Crippen LogP contribution is -2.19. The first-order valence-electron chi connectivity index (χ1n) is 8.22. The van der Waals surface area contributed by atoms with Crippen molar-refractivity contribution in [2.75, 3.05) is 6.61 Å². The molecule has 4 heteroatoms. The van der Waals surface area contributed by atoms with Gasteiger partial charge in [0.05, 0.1) is 11.0 Å². The van der Waals surface area contributed by atoms with Gasteiger partial charge in [0, 0.05) is 23.5 Å². The van der Waals surface area contributed by atoms with Gasteiger partial charge in [-0.15, -0.1) is 0 Å². The highest BCUT2D eigenvalue weighted by atomic mass is 31.0. The zero-order valence-corrected chi connectivity index (χ0v) is 13.9. The minimum Gasteiger partial charge on any atom is -0.356 e.